The van der Waals surface area contributed by atoms with Crippen molar-refractivity contribution in [3.8, 4) is 0 Å². The lowest BCUT2D eigenvalue weighted by Gasteiger charge is -2.12. The van der Waals surface area contributed by atoms with Gasteiger partial charge in [-0.15, -0.1) is 0 Å². The van der Waals surface area contributed by atoms with Crippen LogP contribution in [0.4, 0.5) is 5.95 Å². The number of nitrogens with one attached hydrogen (secondary N) is 1. The van der Waals surface area contributed by atoms with Crippen LogP contribution >= 0.6 is 0 Å². The van der Waals surface area contributed by atoms with Gasteiger partial charge in [-0.2, -0.15) is 0 Å². The molecule has 1 aromatic rings. The molecule has 0 aromatic carbocycles. The molecule has 0 radical (unpaired) electrons. The Morgan fingerprint density at radius 2 is 1.87 bits per heavy atom. The van der Waals surface area contributed by atoms with Gasteiger partial charge in [0.05, 0.1) is 0 Å². The van der Waals surface area contributed by atoms with E-state index in [9.17, 15) is 0 Å². The summed E-state index contributed by atoms with van der Waals surface area (Å²) in [6.07, 6.45) is 3.82. The van der Waals surface area contributed by atoms with Gasteiger partial charge in [0.2, 0.25) is 5.95 Å². The van der Waals surface area contributed by atoms with Gasteiger partial charge < -0.3 is 5.32 Å². The first kappa shape index (κ1) is 10.4. The van der Waals surface area contributed by atoms with E-state index in [1.165, 1.54) is 19.3 Å². The molecule has 0 spiro atoms. The third-order valence-electron chi connectivity index (χ3n) is 3.01. The molecule has 1 aromatic heterocycles. The van der Waals surface area contributed by atoms with Gasteiger partial charge in [0.25, 0.3) is 0 Å². The Labute approximate surface area is 91.3 Å². The molecule has 1 fully saturated rings. The summed E-state index contributed by atoms with van der Waals surface area (Å²) in [4.78, 5) is 8.80. The number of hydrogen-bond donors (Lipinski definition) is 1. The summed E-state index contributed by atoms with van der Waals surface area (Å²) >= 11 is 0. The predicted octanol–water partition coefficient (Wildman–Crippen LogP) is 2.69. The fourth-order valence-electron chi connectivity index (χ4n) is 2.31. The van der Waals surface area contributed by atoms with Crippen molar-refractivity contribution >= 4 is 5.95 Å². The third kappa shape index (κ3) is 2.67. The third-order valence-corrected chi connectivity index (χ3v) is 3.01. The molecule has 1 heterocycles. The van der Waals surface area contributed by atoms with Gasteiger partial charge >= 0.3 is 0 Å². The predicted molar refractivity (Wildman–Crippen MR) is 61.9 cm³/mol. The molecule has 2 rings (SSSR count). The van der Waals surface area contributed by atoms with E-state index in [0.29, 0.717) is 6.04 Å². The Morgan fingerprint density at radius 1 is 1.20 bits per heavy atom. The molecular weight excluding hydrogens is 186 g/mol. The summed E-state index contributed by atoms with van der Waals surface area (Å²) in [5, 5.41) is 3.43. The smallest absolute Gasteiger partial charge is 0.223 e. The quantitative estimate of drug-likeness (QED) is 0.806. The van der Waals surface area contributed by atoms with Crippen LogP contribution in [0.3, 0.4) is 0 Å². The second-order valence-corrected chi connectivity index (χ2v) is 4.73. The molecule has 0 amide bonds. The minimum atomic E-state index is 0.571. The molecule has 0 saturated heterocycles. The van der Waals surface area contributed by atoms with Crippen molar-refractivity contribution in [2.24, 2.45) is 5.92 Å². The molecule has 82 valence electrons. The SMILES string of the molecule is Cc1cc(C)nc(NC2CCC(C)C2)n1. The summed E-state index contributed by atoms with van der Waals surface area (Å²) in [5.41, 5.74) is 2.08. The van der Waals surface area contributed by atoms with Crippen LogP contribution in [0.2, 0.25) is 0 Å². The van der Waals surface area contributed by atoms with Crippen molar-refractivity contribution in [3.05, 3.63) is 17.5 Å². The minimum Gasteiger partial charge on any atom is -0.351 e. The maximum atomic E-state index is 4.40. The molecule has 1 saturated carbocycles. The van der Waals surface area contributed by atoms with Crippen LogP contribution in [0, 0.1) is 19.8 Å². The molecule has 1 N–H and O–H groups in total. The number of nitrogens with zero attached hydrogens (tertiary/aromatic N) is 2. The molecule has 3 heteroatoms. The fourth-order valence-corrected chi connectivity index (χ4v) is 2.31. The summed E-state index contributed by atoms with van der Waals surface area (Å²) in [6, 6.07) is 2.57. The topological polar surface area (TPSA) is 37.8 Å². The Hall–Kier alpha value is -1.12. The van der Waals surface area contributed by atoms with E-state index in [0.717, 1.165) is 23.3 Å². The van der Waals surface area contributed by atoms with Gasteiger partial charge in [0, 0.05) is 17.4 Å². The van der Waals surface area contributed by atoms with Gasteiger partial charge in [0.15, 0.2) is 0 Å². The van der Waals surface area contributed by atoms with Gasteiger partial charge in [-0.05, 0) is 45.1 Å². The lowest BCUT2D eigenvalue weighted by Crippen LogP contribution is -2.17. The van der Waals surface area contributed by atoms with Crippen molar-refractivity contribution in [1.82, 2.24) is 9.97 Å². The Morgan fingerprint density at radius 3 is 2.40 bits per heavy atom. The van der Waals surface area contributed by atoms with Gasteiger partial charge in [-0.1, -0.05) is 6.92 Å². The highest BCUT2D eigenvalue weighted by molar-refractivity contribution is 5.29. The molecule has 2 atom stereocenters. The maximum Gasteiger partial charge on any atom is 0.223 e. The van der Waals surface area contributed by atoms with Crippen LogP contribution in [0.15, 0.2) is 6.07 Å². The van der Waals surface area contributed by atoms with Crippen molar-refractivity contribution in [2.45, 2.75) is 46.1 Å². The molecule has 1 aliphatic carbocycles. The van der Waals surface area contributed by atoms with Crippen molar-refractivity contribution in [2.75, 3.05) is 5.32 Å². The molecular formula is C12H19N3. The zero-order valence-corrected chi connectivity index (χ0v) is 9.75. The van der Waals surface area contributed by atoms with Gasteiger partial charge in [0.1, 0.15) is 0 Å². The van der Waals surface area contributed by atoms with Crippen molar-refractivity contribution in [1.29, 1.82) is 0 Å². The molecule has 1 aliphatic rings. The van der Waals surface area contributed by atoms with Crippen LogP contribution < -0.4 is 5.32 Å². The van der Waals surface area contributed by atoms with E-state index in [-0.39, 0.29) is 0 Å². The highest BCUT2D eigenvalue weighted by atomic mass is 15.1. The van der Waals surface area contributed by atoms with E-state index in [4.69, 9.17) is 0 Å². The summed E-state index contributed by atoms with van der Waals surface area (Å²) in [5.74, 6) is 1.64. The molecule has 15 heavy (non-hydrogen) atoms. The molecule has 3 nitrogen and oxygen atoms in total. The number of aromatic nitrogens is 2. The Bertz CT molecular complexity index is 328. The Kier molecular flexibility index (Phi) is 2.89. The first-order chi connectivity index (χ1) is 7.13. The minimum absolute atomic E-state index is 0.571. The Balaban J connectivity index is 2.04. The van der Waals surface area contributed by atoms with Crippen LogP contribution in [0.1, 0.15) is 37.6 Å². The van der Waals surface area contributed by atoms with Gasteiger partial charge in [-0.3, -0.25) is 0 Å². The number of rotatable bonds is 2. The molecule has 0 bridgehead atoms. The highest BCUT2D eigenvalue weighted by Gasteiger charge is 2.21. The van der Waals surface area contributed by atoms with Crippen molar-refractivity contribution in [3.63, 3.8) is 0 Å². The van der Waals surface area contributed by atoms with Gasteiger partial charge in [-0.25, -0.2) is 9.97 Å². The largest absolute Gasteiger partial charge is 0.351 e. The lowest BCUT2D eigenvalue weighted by atomic mass is 10.1. The van der Waals surface area contributed by atoms with Crippen LogP contribution in [-0.4, -0.2) is 16.0 Å². The number of hydrogen-bond acceptors (Lipinski definition) is 3. The zero-order valence-electron chi connectivity index (χ0n) is 9.75. The molecule has 0 aliphatic heterocycles. The van der Waals surface area contributed by atoms with E-state index in [1.807, 2.05) is 19.9 Å². The number of anilines is 1. The van der Waals surface area contributed by atoms with Crippen LogP contribution in [0.25, 0.3) is 0 Å². The average Bonchev–Trinajstić information content (AvgIpc) is 2.49. The summed E-state index contributed by atoms with van der Waals surface area (Å²) < 4.78 is 0. The highest BCUT2D eigenvalue weighted by Crippen LogP contribution is 2.26. The van der Waals surface area contributed by atoms with E-state index in [2.05, 4.69) is 22.2 Å². The lowest BCUT2D eigenvalue weighted by molar-refractivity contribution is 0.601. The standard InChI is InChI=1S/C12H19N3/c1-8-4-5-11(6-8)15-12-13-9(2)7-10(3)14-12/h7-8,11H,4-6H2,1-3H3,(H,13,14,15). The summed E-state index contributed by atoms with van der Waals surface area (Å²) in [6.45, 7) is 6.33. The first-order valence-corrected chi connectivity index (χ1v) is 5.72. The normalized spacial score (nSPS) is 25.5. The fraction of sp³-hybridized carbons (Fsp3) is 0.667. The average molecular weight is 205 g/mol. The van der Waals surface area contributed by atoms with E-state index in [1.54, 1.807) is 0 Å². The molecule has 2 unspecified atom stereocenters. The van der Waals surface area contributed by atoms with Crippen LogP contribution in [-0.2, 0) is 0 Å². The summed E-state index contributed by atoms with van der Waals surface area (Å²) in [7, 11) is 0. The van der Waals surface area contributed by atoms with Crippen molar-refractivity contribution < 1.29 is 0 Å². The van der Waals surface area contributed by atoms with E-state index >= 15 is 0 Å². The van der Waals surface area contributed by atoms with E-state index < -0.39 is 0 Å². The second kappa shape index (κ2) is 4.17. The zero-order chi connectivity index (χ0) is 10.8. The monoisotopic (exact) mass is 205 g/mol. The maximum absolute atomic E-state index is 4.40. The second-order valence-electron chi connectivity index (χ2n) is 4.73. The first-order valence-electron chi connectivity index (χ1n) is 5.72. The van der Waals surface area contributed by atoms with Crippen LogP contribution in [0.5, 0.6) is 0 Å². The number of aryl methyl sites for hydroxylation is 2.